The minimum absolute atomic E-state index is 0. The number of urea groups is 1. The molecule has 2 heterocycles. The summed E-state index contributed by atoms with van der Waals surface area (Å²) in [6.45, 7) is 0.259. The van der Waals surface area contributed by atoms with Crippen molar-refractivity contribution >= 4 is 39.6 Å². The van der Waals surface area contributed by atoms with Crippen LogP contribution in [0.4, 0.5) is 4.79 Å². The molecule has 0 aromatic rings. The molecule has 2 saturated heterocycles. The van der Waals surface area contributed by atoms with Gasteiger partial charge in [-0.25, -0.2) is 13.2 Å². The quantitative estimate of drug-likeness (QED) is 0.246. The van der Waals surface area contributed by atoms with Crippen LogP contribution in [0.15, 0.2) is 0 Å². The predicted octanol–water partition coefficient (Wildman–Crippen LogP) is -2.55. The topological polar surface area (TPSA) is 90.0 Å². The molecule has 0 radical (unpaired) electrons. The maximum absolute atomic E-state index is 11.8. The molecule has 0 aromatic carbocycles. The van der Waals surface area contributed by atoms with Crippen molar-refractivity contribution in [2.24, 2.45) is 0 Å². The van der Waals surface area contributed by atoms with Gasteiger partial charge in [-0.05, 0) is 12.8 Å². The van der Waals surface area contributed by atoms with Gasteiger partial charge < -0.3 is 9.45 Å². The first-order valence-electron chi connectivity index (χ1n) is 4.83. The molecule has 18 heavy (non-hydrogen) atoms. The van der Waals surface area contributed by atoms with Gasteiger partial charge in [0.15, 0.2) is 0 Å². The van der Waals surface area contributed by atoms with Crippen LogP contribution in [-0.2, 0) is 14.7 Å². The first-order chi connectivity index (χ1) is 7.79. The van der Waals surface area contributed by atoms with Crippen molar-refractivity contribution in [2.45, 2.75) is 29.8 Å². The van der Waals surface area contributed by atoms with Gasteiger partial charge in [-0.3, -0.25) is 0 Å². The van der Waals surface area contributed by atoms with Crippen LogP contribution in [0, 0.1) is 0 Å². The van der Waals surface area contributed by atoms with Crippen LogP contribution < -0.4 is 29.6 Å². The van der Waals surface area contributed by atoms with Crippen molar-refractivity contribution in [3.8, 4) is 0 Å². The standard InChI is InChI=1S/C7H10Cl2N2O5S.Na/c8-6(9)5-2-1-4-3-10(5)7(12)11(4)16-17(13,14)15;/h4-6H,1-3H2,(H,13,14,15);/q;+1/p-1/t4?,5-;/m0./s1. The second-order valence-corrected chi connectivity index (χ2v) is 6.01. The fraction of sp³-hybridized carbons (Fsp3) is 0.857. The van der Waals surface area contributed by atoms with Crippen molar-refractivity contribution < 1.29 is 51.6 Å². The smallest absolute Gasteiger partial charge is 0.724 e. The molecule has 0 aromatic heterocycles. The van der Waals surface area contributed by atoms with E-state index in [-0.39, 0.29) is 42.1 Å². The molecule has 0 aliphatic carbocycles. The van der Waals surface area contributed by atoms with Crippen molar-refractivity contribution in [1.82, 2.24) is 9.96 Å². The van der Waals surface area contributed by atoms with Crippen LogP contribution in [0.1, 0.15) is 12.8 Å². The van der Waals surface area contributed by atoms with E-state index in [2.05, 4.69) is 4.28 Å². The summed E-state index contributed by atoms with van der Waals surface area (Å²) in [5.41, 5.74) is 0. The van der Waals surface area contributed by atoms with Gasteiger partial charge in [0, 0.05) is 6.54 Å². The summed E-state index contributed by atoms with van der Waals surface area (Å²) in [5, 5.41) is 0.596. The number of carbonyl (C=O) groups is 1. The molecule has 2 fully saturated rings. The zero-order valence-corrected chi connectivity index (χ0v) is 13.8. The Morgan fingerprint density at radius 1 is 1.39 bits per heavy atom. The minimum Gasteiger partial charge on any atom is -0.724 e. The van der Waals surface area contributed by atoms with Crippen LogP contribution >= 0.6 is 23.2 Å². The number of alkyl halides is 2. The molecule has 2 atom stereocenters. The van der Waals surface area contributed by atoms with Gasteiger partial charge in [-0.2, -0.15) is 9.35 Å². The second-order valence-electron chi connectivity index (χ2n) is 3.88. The fourth-order valence-corrected chi connectivity index (χ4v) is 3.03. The molecule has 2 rings (SSSR count). The summed E-state index contributed by atoms with van der Waals surface area (Å²) < 4.78 is 35.6. The van der Waals surface area contributed by atoms with E-state index in [1.54, 1.807) is 0 Å². The van der Waals surface area contributed by atoms with Crippen molar-refractivity contribution in [3.63, 3.8) is 0 Å². The van der Waals surface area contributed by atoms with Crippen molar-refractivity contribution in [1.29, 1.82) is 0 Å². The van der Waals surface area contributed by atoms with E-state index in [1.807, 2.05) is 0 Å². The Labute approximate surface area is 137 Å². The average molecular weight is 327 g/mol. The number of hydroxylamine groups is 2. The van der Waals surface area contributed by atoms with Crippen LogP contribution in [0.25, 0.3) is 0 Å². The van der Waals surface area contributed by atoms with Crippen molar-refractivity contribution in [2.75, 3.05) is 6.54 Å². The third-order valence-corrected chi connectivity index (χ3v) is 3.76. The zero-order valence-electron chi connectivity index (χ0n) is 9.45. The second kappa shape index (κ2) is 6.01. The van der Waals surface area contributed by atoms with E-state index >= 15 is 0 Å². The molecule has 2 amide bonds. The normalized spacial score (nSPS) is 27.7. The van der Waals surface area contributed by atoms with Crippen LogP contribution in [0.2, 0.25) is 0 Å². The molecule has 2 aliphatic rings. The van der Waals surface area contributed by atoms with E-state index in [9.17, 15) is 17.8 Å². The predicted molar refractivity (Wildman–Crippen MR) is 57.0 cm³/mol. The van der Waals surface area contributed by atoms with Crippen LogP contribution in [0.5, 0.6) is 0 Å². The number of hydrogen-bond acceptors (Lipinski definition) is 5. The largest absolute Gasteiger partial charge is 1.00 e. The number of amides is 2. The molecular weight excluding hydrogens is 318 g/mol. The third-order valence-electron chi connectivity index (χ3n) is 2.83. The molecule has 98 valence electrons. The van der Waals surface area contributed by atoms with Gasteiger partial charge >= 0.3 is 35.6 Å². The summed E-state index contributed by atoms with van der Waals surface area (Å²) in [6, 6.07) is -1.53. The van der Waals surface area contributed by atoms with Gasteiger partial charge in [0.1, 0.15) is 4.84 Å². The Balaban J connectivity index is 0.00000162. The average Bonchev–Trinajstić information content (AvgIpc) is 2.42. The Hall–Kier alpha value is 0.720. The summed E-state index contributed by atoms with van der Waals surface area (Å²) in [6.07, 6.45) is 1.02. The Morgan fingerprint density at radius 2 is 2.00 bits per heavy atom. The van der Waals surface area contributed by atoms with Gasteiger partial charge in [0.25, 0.3) is 0 Å². The number of fused-ring (bicyclic) bond motifs is 2. The Kier molecular flexibility index (Phi) is 5.60. The third kappa shape index (κ3) is 3.43. The summed E-state index contributed by atoms with van der Waals surface area (Å²) >= 11 is 11.5. The number of piperidine rings is 1. The SMILES string of the molecule is O=C1N(OS(=O)(=O)[O-])C2CC[C@@H](C(Cl)Cl)N1C2.[Na+]. The molecule has 11 heteroatoms. The number of halogens is 2. The molecule has 2 aliphatic heterocycles. The van der Waals surface area contributed by atoms with E-state index in [4.69, 9.17) is 23.2 Å². The maximum Gasteiger partial charge on any atom is 1.00 e. The van der Waals surface area contributed by atoms with Crippen LogP contribution in [0.3, 0.4) is 0 Å². The monoisotopic (exact) mass is 326 g/mol. The maximum atomic E-state index is 11.8. The summed E-state index contributed by atoms with van der Waals surface area (Å²) in [7, 11) is -4.95. The number of rotatable bonds is 3. The van der Waals surface area contributed by atoms with E-state index in [0.29, 0.717) is 17.9 Å². The summed E-state index contributed by atoms with van der Waals surface area (Å²) in [5.74, 6) is 0. The van der Waals surface area contributed by atoms with E-state index in [0.717, 1.165) is 0 Å². The Morgan fingerprint density at radius 3 is 2.50 bits per heavy atom. The van der Waals surface area contributed by atoms with Crippen molar-refractivity contribution in [3.05, 3.63) is 0 Å². The molecule has 0 N–H and O–H groups in total. The first-order valence-corrected chi connectivity index (χ1v) is 7.03. The van der Waals surface area contributed by atoms with Gasteiger partial charge in [-0.1, -0.05) is 0 Å². The van der Waals surface area contributed by atoms with E-state index < -0.39 is 27.3 Å². The Bertz CT molecular complexity index is 434. The molecule has 7 nitrogen and oxygen atoms in total. The number of hydrogen-bond donors (Lipinski definition) is 0. The zero-order chi connectivity index (χ0) is 12.8. The minimum atomic E-state index is -4.95. The summed E-state index contributed by atoms with van der Waals surface area (Å²) in [4.78, 5) is 12.3. The number of carbonyl (C=O) groups excluding carboxylic acids is 1. The molecule has 0 spiro atoms. The van der Waals surface area contributed by atoms with Gasteiger partial charge in [0.2, 0.25) is 10.4 Å². The van der Waals surface area contributed by atoms with Gasteiger partial charge in [0.05, 0.1) is 12.1 Å². The first kappa shape index (κ1) is 16.8. The molecule has 2 bridgehead atoms. The van der Waals surface area contributed by atoms with E-state index in [1.165, 1.54) is 4.90 Å². The fourth-order valence-electron chi connectivity index (χ4n) is 2.12. The molecule has 1 unspecified atom stereocenters. The molecule has 0 saturated carbocycles. The number of nitrogens with zero attached hydrogens (tertiary/aromatic N) is 2. The molecular formula is C7H9Cl2N2NaO5S. The van der Waals surface area contributed by atoms with Crippen LogP contribution in [-0.4, -0.2) is 52.4 Å². The van der Waals surface area contributed by atoms with Gasteiger partial charge in [-0.15, -0.1) is 23.2 Å².